The average molecular weight is 341 g/mol. The number of aromatic nitrogens is 2. The van der Waals surface area contributed by atoms with Gasteiger partial charge in [0.25, 0.3) is 5.91 Å². The molecule has 2 heterocycles. The maximum absolute atomic E-state index is 12.6. The Morgan fingerprint density at radius 1 is 1.33 bits per heavy atom. The largest absolute Gasteiger partial charge is 0.493 e. The van der Waals surface area contributed by atoms with Crippen LogP contribution in [0.5, 0.6) is 5.75 Å². The van der Waals surface area contributed by atoms with Crippen LogP contribution < -0.4 is 10.1 Å². The van der Waals surface area contributed by atoms with Crippen molar-refractivity contribution in [3.05, 3.63) is 70.7 Å². The minimum atomic E-state index is -0.147. The molecule has 24 heavy (non-hydrogen) atoms. The van der Waals surface area contributed by atoms with Crippen molar-refractivity contribution in [2.45, 2.75) is 13.0 Å². The van der Waals surface area contributed by atoms with Crippen molar-refractivity contribution in [2.75, 3.05) is 13.2 Å². The fraction of sp³-hybridized carbons (Fsp3) is 0.222. The summed E-state index contributed by atoms with van der Waals surface area (Å²) >= 11 is 1.63. The summed E-state index contributed by atoms with van der Waals surface area (Å²) in [4.78, 5) is 12.6. The number of nitrogens with one attached hydrogen (secondary N) is 1. The molecular formula is C18H19N3O2S. The molecule has 2 aromatic heterocycles. The minimum Gasteiger partial charge on any atom is -0.493 e. The Labute approximate surface area is 144 Å². The van der Waals surface area contributed by atoms with Gasteiger partial charge in [0, 0.05) is 18.9 Å². The first kappa shape index (κ1) is 16.3. The molecule has 0 aliphatic carbocycles. The lowest BCUT2D eigenvalue weighted by molar-refractivity contribution is 0.0945. The number of hydrogen-bond acceptors (Lipinski definition) is 4. The van der Waals surface area contributed by atoms with Gasteiger partial charge >= 0.3 is 0 Å². The lowest BCUT2D eigenvalue weighted by Gasteiger charge is -2.18. The van der Waals surface area contributed by atoms with Crippen molar-refractivity contribution in [3.8, 4) is 5.75 Å². The number of nitrogens with zero attached hydrogens (tertiary/aromatic N) is 2. The van der Waals surface area contributed by atoms with Crippen LogP contribution in [-0.2, 0) is 0 Å². The Kier molecular flexibility index (Phi) is 5.28. The molecule has 6 heteroatoms. The molecule has 1 N–H and O–H groups in total. The van der Waals surface area contributed by atoms with E-state index < -0.39 is 0 Å². The molecule has 3 aromatic rings. The van der Waals surface area contributed by atoms with Gasteiger partial charge in [-0.15, -0.1) is 0 Å². The molecule has 1 amide bonds. The van der Waals surface area contributed by atoms with Gasteiger partial charge < -0.3 is 10.1 Å². The van der Waals surface area contributed by atoms with Crippen LogP contribution in [0.2, 0.25) is 0 Å². The summed E-state index contributed by atoms with van der Waals surface area (Å²) in [6, 6.07) is 11.2. The maximum atomic E-state index is 12.6. The molecule has 0 saturated heterocycles. The van der Waals surface area contributed by atoms with E-state index in [1.807, 2.05) is 47.4 Å². The summed E-state index contributed by atoms with van der Waals surface area (Å²) in [6.07, 6.45) is 3.65. The predicted octanol–water partition coefficient (Wildman–Crippen LogP) is 3.36. The highest BCUT2D eigenvalue weighted by molar-refractivity contribution is 7.07. The predicted molar refractivity (Wildman–Crippen MR) is 94.6 cm³/mol. The van der Waals surface area contributed by atoms with Crippen molar-refractivity contribution < 1.29 is 9.53 Å². The first-order valence-electron chi connectivity index (χ1n) is 7.81. The number of carbonyl (C=O) groups is 1. The summed E-state index contributed by atoms with van der Waals surface area (Å²) in [5, 5.41) is 11.4. The molecule has 0 saturated carbocycles. The monoisotopic (exact) mass is 341 g/mol. The number of ether oxygens (including phenoxy) is 1. The summed E-state index contributed by atoms with van der Waals surface area (Å²) in [5.74, 6) is 0.454. The van der Waals surface area contributed by atoms with Crippen molar-refractivity contribution in [2.24, 2.45) is 0 Å². The Hall–Kier alpha value is -2.60. The van der Waals surface area contributed by atoms with Crippen molar-refractivity contribution >= 4 is 17.2 Å². The van der Waals surface area contributed by atoms with Crippen LogP contribution in [0.15, 0.2) is 59.6 Å². The Balaban J connectivity index is 1.74. The Morgan fingerprint density at radius 2 is 2.21 bits per heavy atom. The zero-order chi connectivity index (χ0) is 16.8. The Morgan fingerprint density at radius 3 is 2.92 bits per heavy atom. The summed E-state index contributed by atoms with van der Waals surface area (Å²) in [6.45, 7) is 2.88. The van der Waals surface area contributed by atoms with E-state index in [9.17, 15) is 4.79 Å². The van der Waals surface area contributed by atoms with Crippen LogP contribution in [0.3, 0.4) is 0 Å². The first-order valence-corrected chi connectivity index (χ1v) is 8.75. The van der Waals surface area contributed by atoms with E-state index in [0.717, 1.165) is 5.56 Å². The van der Waals surface area contributed by atoms with Crippen LogP contribution in [0.25, 0.3) is 0 Å². The normalized spacial score (nSPS) is 11.9. The van der Waals surface area contributed by atoms with Gasteiger partial charge in [-0.1, -0.05) is 12.1 Å². The number of hydrogen-bond donors (Lipinski definition) is 1. The molecule has 0 fully saturated rings. The molecule has 1 atom stereocenters. The van der Waals surface area contributed by atoms with Crippen molar-refractivity contribution in [1.29, 1.82) is 0 Å². The number of amides is 1. The van der Waals surface area contributed by atoms with E-state index >= 15 is 0 Å². The van der Waals surface area contributed by atoms with E-state index in [0.29, 0.717) is 24.5 Å². The topological polar surface area (TPSA) is 56.1 Å². The summed E-state index contributed by atoms with van der Waals surface area (Å²) in [5.41, 5.74) is 1.67. The number of rotatable bonds is 7. The van der Waals surface area contributed by atoms with Crippen LogP contribution in [0.4, 0.5) is 0 Å². The first-order chi connectivity index (χ1) is 11.8. The third kappa shape index (κ3) is 3.65. The molecule has 1 unspecified atom stereocenters. The Bertz CT molecular complexity index is 735. The van der Waals surface area contributed by atoms with Gasteiger partial charge in [-0.05, 0) is 47.5 Å². The van der Waals surface area contributed by atoms with Crippen LogP contribution in [-0.4, -0.2) is 28.8 Å². The van der Waals surface area contributed by atoms with E-state index in [4.69, 9.17) is 4.74 Å². The lowest BCUT2D eigenvalue weighted by Crippen LogP contribution is -2.31. The average Bonchev–Trinajstić information content (AvgIpc) is 3.30. The molecule has 0 radical (unpaired) electrons. The molecule has 5 nitrogen and oxygen atoms in total. The number of para-hydroxylation sites is 1. The molecule has 0 spiro atoms. The fourth-order valence-corrected chi connectivity index (χ4v) is 3.22. The molecular weight excluding hydrogens is 322 g/mol. The smallest absolute Gasteiger partial charge is 0.255 e. The van der Waals surface area contributed by atoms with Gasteiger partial charge in [0.15, 0.2) is 0 Å². The van der Waals surface area contributed by atoms with Crippen LogP contribution in [0.1, 0.15) is 28.9 Å². The second-order valence-electron chi connectivity index (χ2n) is 5.20. The quantitative estimate of drug-likeness (QED) is 0.717. The molecule has 3 rings (SSSR count). The third-order valence-electron chi connectivity index (χ3n) is 3.66. The van der Waals surface area contributed by atoms with Gasteiger partial charge in [-0.2, -0.15) is 16.4 Å². The van der Waals surface area contributed by atoms with Crippen molar-refractivity contribution in [3.63, 3.8) is 0 Å². The second-order valence-corrected chi connectivity index (χ2v) is 5.98. The summed E-state index contributed by atoms with van der Waals surface area (Å²) < 4.78 is 7.39. The highest BCUT2D eigenvalue weighted by atomic mass is 32.1. The van der Waals surface area contributed by atoms with E-state index in [2.05, 4.69) is 21.9 Å². The molecule has 124 valence electrons. The maximum Gasteiger partial charge on any atom is 0.255 e. The molecule has 1 aromatic carbocycles. The van der Waals surface area contributed by atoms with Gasteiger partial charge in [-0.25, -0.2) is 0 Å². The van der Waals surface area contributed by atoms with E-state index in [1.165, 1.54) is 0 Å². The molecule has 0 bridgehead atoms. The van der Waals surface area contributed by atoms with E-state index in [1.54, 1.807) is 23.6 Å². The van der Waals surface area contributed by atoms with Gasteiger partial charge in [0.2, 0.25) is 0 Å². The van der Waals surface area contributed by atoms with Gasteiger partial charge in [-0.3, -0.25) is 9.48 Å². The molecule has 0 aliphatic heterocycles. The number of benzene rings is 1. The van der Waals surface area contributed by atoms with Gasteiger partial charge in [0.05, 0.1) is 18.2 Å². The molecule has 0 aliphatic rings. The summed E-state index contributed by atoms with van der Waals surface area (Å²) in [7, 11) is 0. The third-order valence-corrected chi connectivity index (χ3v) is 4.36. The van der Waals surface area contributed by atoms with E-state index in [-0.39, 0.29) is 11.9 Å². The highest BCUT2D eigenvalue weighted by Gasteiger charge is 2.18. The fourth-order valence-electron chi connectivity index (χ4n) is 2.51. The zero-order valence-electron chi connectivity index (χ0n) is 13.4. The second kappa shape index (κ2) is 7.79. The van der Waals surface area contributed by atoms with Crippen LogP contribution in [0, 0.1) is 0 Å². The van der Waals surface area contributed by atoms with Crippen LogP contribution >= 0.6 is 11.3 Å². The number of thiophene rings is 1. The minimum absolute atomic E-state index is 0.0329. The SMILES string of the molecule is CCOc1ccccc1C(=O)NCC(c1ccsc1)n1cccn1. The zero-order valence-corrected chi connectivity index (χ0v) is 14.2. The highest BCUT2D eigenvalue weighted by Crippen LogP contribution is 2.21. The lowest BCUT2D eigenvalue weighted by atomic mass is 10.1. The van der Waals surface area contributed by atoms with Gasteiger partial charge in [0.1, 0.15) is 5.75 Å². The number of carbonyl (C=O) groups excluding carboxylic acids is 1. The van der Waals surface area contributed by atoms with Crippen molar-refractivity contribution in [1.82, 2.24) is 15.1 Å². The standard InChI is InChI=1S/C18H19N3O2S/c1-2-23-17-7-4-3-6-15(17)18(22)19-12-16(14-8-11-24-13-14)21-10-5-9-20-21/h3-11,13,16H,2,12H2,1H3,(H,19,22).